The van der Waals surface area contributed by atoms with Gasteiger partial charge in [0.05, 0.1) is 5.92 Å². The van der Waals surface area contributed by atoms with E-state index in [0.29, 0.717) is 18.8 Å². The fourth-order valence-corrected chi connectivity index (χ4v) is 1.68. The van der Waals surface area contributed by atoms with E-state index in [4.69, 9.17) is 10.4 Å². The molecule has 1 rings (SSSR count). The van der Waals surface area contributed by atoms with Crippen LogP contribution < -0.4 is 0 Å². The third-order valence-corrected chi connectivity index (χ3v) is 2.79. The van der Waals surface area contributed by atoms with Crippen molar-refractivity contribution in [1.82, 2.24) is 9.88 Å². The molecule has 1 atom stereocenters. The molecular formula is C13H17N3O2. The van der Waals surface area contributed by atoms with Crippen molar-refractivity contribution in [2.75, 3.05) is 13.1 Å². The average Bonchev–Trinajstić information content (AvgIpc) is 2.38. The molecule has 96 valence electrons. The van der Waals surface area contributed by atoms with Crippen LogP contribution in [0.2, 0.25) is 0 Å². The number of carbonyl (C=O) groups is 1. The number of aromatic nitrogens is 1. The predicted octanol–water partition coefficient (Wildman–Crippen LogP) is 1.50. The second kappa shape index (κ2) is 6.72. The summed E-state index contributed by atoms with van der Waals surface area (Å²) in [6, 6.07) is 5.68. The number of pyridine rings is 1. The molecule has 0 aliphatic rings. The van der Waals surface area contributed by atoms with E-state index >= 15 is 0 Å². The lowest BCUT2D eigenvalue weighted by Crippen LogP contribution is -2.31. The minimum absolute atomic E-state index is 0.402. The van der Waals surface area contributed by atoms with Gasteiger partial charge < -0.3 is 5.11 Å². The zero-order valence-corrected chi connectivity index (χ0v) is 10.6. The van der Waals surface area contributed by atoms with Crippen LogP contribution in [0.15, 0.2) is 18.3 Å². The molecule has 1 aromatic rings. The second-order valence-corrected chi connectivity index (χ2v) is 4.19. The zero-order chi connectivity index (χ0) is 13.5. The maximum atomic E-state index is 10.8. The molecule has 1 N–H and O–H groups in total. The Balaban J connectivity index is 2.74. The predicted molar refractivity (Wildman–Crippen MR) is 66.7 cm³/mol. The Morgan fingerprint density at radius 2 is 2.39 bits per heavy atom. The van der Waals surface area contributed by atoms with E-state index in [9.17, 15) is 4.79 Å². The Hall–Kier alpha value is -1.93. The summed E-state index contributed by atoms with van der Waals surface area (Å²) in [7, 11) is 0. The van der Waals surface area contributed by atoms with E-state index in [1.807, 2.05) is 24.0 Å². The molecule has 0 saturated carbocycles. The molecule has 5 nitrogen and oxygen atoms in total. The summed E-state index contributed by atoms with van der Waals surface area (Å²) in [4.78, 5) is 16.8. The quantitative estimate of drug-likeness (QED) is 0.824. The Morgan fingerprint density at radius 3 is 2.94 bits per heavy atom. The molecule has 0 aromatic carbocycles. The normalized spacial score (nSPS) is 12.1. The first-order valence-electron chi connectivity index (χ1n) is 5.87. The number of nitriles is 1. The largest absolute Gasteiger partial charge is 0.481 e. The van der Waals surface area contributed by atoms with Crippen molar-refractivity contribution >= 4 is 5.97 Å². The van der Waals surface area contributed by atoms with E-state index in [1.54, 1.807) is 19.2 Å². The van der Waals surface area contributed by atoms with Gasteiger partial charge in [-0.05, 0) is 12.6 Å². The molecule has 0 aliphatic carbocycles. The maximum absolute atomic E-state index is 10.8. The van der Waals surface area contributed by atoms with Crippen LogP contribution in [0.5, 0.6) is 0 Å². The third-order valence-electron chi connectivity index (χ3n) is 2.79. The number of hydrogen-bond acceptors (Lipinski definition) is 4. The lowest BCUT2D eigenvalue weighted by molar-refractivity contribution is -0.141. The number of hydrogen-bond donors (Lipinski definition) is 1. The molecular weight excluding hydrogens is 230 g/mol. The highest BCUT2D eigenvalue weighted by atomic mass is 16.4. The van der Waals surface area contributed by atoms with Crippen LogP contribution in [-0.4, -0.2) is 34.0 Å². The van der Waals surface area contributed by atoms with E-state index in [1.165, 1.54) is 0 Å². The van der Waals surface area contributed by atoms with Gasteiger partial charge in [0.15, 0.2) is 0 Å². The lowest BCUT2D eigenvalue weighted by Gasteiger charge is -2.22. The number of nitrogens with zero attached hydrogens (tertiary/aromatic N) is 3. The molecule has 0 spiro atoms. The van der Waals surface area contributed by atoms with Gasteiger partial charge in [0, 0.05) is 24.8 Å². The summed E-state index contributed by atoms with van der Waals surface area (Å²) < 4.78 is 0. The summed E-state index contributed by atoms with van der Waals surface area (Å²) in [5.74, 6) is -1.23. The third kappa shape index (κ3) is 3.82. The van der Waals surface area contributed by atoms with Crippen LogP contribution in [0.3, 0.4) is 0 Å². The topological polar surface area (TPSA) is 77.2 Å². The van der Waals surface area contributed by atoms with E-state index in [0.717, 1.165) is 12.1 Å². The number of carboxylic acid groups (broad SMARTS) is 1. The molecule has 0 bridgehead atoms. The fourth-order valence-electron chi connectivity index (χ4n) is 1.68. The molecule has 5 heteroatoms. The first-order valence-corrected chi connectivity index (χ1v) is 5.87. The number of carboxylic acids is 1. The van der Waals surface area contributed by atoms with Gasteiger partial charge in [0.1, 0.15) is 11.8 Å². The van der Waals surface area contributed by atoms with Crippen molar-refractivity contribution in [3.63, 3.8) is 0 Å². The van der Waals surface area contributed by atoms with Crippen LogP contribution >= 0.6 is 0 Å². The molecule has 0 amide bonds. The molecule has 0 saturated heterocycles. The van der Waals surface area contributed by atoms with Crippen molar-refractivity contribution in [2.45, 2.75) is 20.4 Å². The number of aliphatic carboxylic acids is 1. The molecule has 18 heavy (non-hydrogen) atoms. The van der Waals surface area contributed by atoms with Crippen molar-refractivity contribution in [3.8, 4) is 6.07 Å². The Labute approximate surface area is 107 Å². The summed E-state index contributed by atoms with van der Waals surface area (Å²) >= 11 is 0. The van der Waals surface area contributed by atoms with Crippen molar-refractivity contribution < 1.29 is 9.90 Å². The Kier molecular flexibility index (Phi) is 5.28. The maximum Gasteiger partial charge on any atom is 0.307 e. The smallest absolute Gasteiger partial charge is 0.307 e. The Morgan fingerprint density at radius 1 is 1.67 bits per heavy atom. The average molecular weight is 247 g/mol. The zero-order valence-electron chi connectivity index (χ0n) is 10.6. The molecule has 0 fully saturated rings. The minimum Gasteiger partial charge on any atom is -0.481 e. The highest BCUT2D eigenvalue weighted by Crippen LogP contribution is 2.10. The summed E-state index contributed by atoms with van der Waals surface area (Å²) in [6.07, 6.45) is 1.58. The van der Waals surface area contributed by atoms with Gasteiger partial charge in [0.25, 0.3) is 0 Å². The van der Waals surface area contributed by atoms with Gasteiger partial charge in [-0.2, -0.15) is 5.26 Å². The van der Waals surface area contributed by atoms with Gasteiger partial charge in [-0.3, -0.25) is 9.69 Å². The summed E-state index contributed by atoms with van der Waals surface area (Å²) in [5.41, 5.74) is 1.23. The van der Waals surface area contributed by atoms with Crippen LogP contribution in [0.1, 0.15) is 25.1 Å². The van der Waals surface area contributed by atoms with Crippen molar-refractivity contribution in [2.24, 2.45) is 5.92 Å². The summed E-state index contributed by atoms with van der Waals surface area (Å²) in [6.45, 7) is 5.39. The first-order chi connectivity index (χ1) is 8.58. The highest BCUT2D eigenvalue weighted by molar-refractivity contribution is 5.69. The lowest BCUT2D eigenvalue weighted by atomic mass is 10.1. The van der Waals surface area contributed by atoms with Crippen molar-refractivity contribution in [1.29, 1.82) is 5.26 Å². The van der Waals surface area contributed by atoms with Crippen molar-refractivity contribution in [3.05, 3.63) is 29.6 Å². The SMILES string of the molecule is CCN(Cc1cccnc1C#N)CC(C)C(=O)O. The van der Waals surface area contributed by atoms with E-state index in [2.05, 4.69) is 4.98 Å². The number of rotatable bonds is 6. The molecule has 1 heterocycles. The first kappa shape index (κ1) is 14.1. The highest BCUT2D eigenvalue weighted by Gasteiger charge is 2.16. The van der Waals surface area contributed by atoms with Crippen LogP contribution in [-0.2, 0) is 11.3 Å². The van der Waals surface area contributed by atoms with E-state index in [-0.39, 0.29) is 0 Å². The molecule has 1 unspecified atom stereocenters. The standard InChI is InChI=1S/C13H17N3O2/c1-3-16(8-10(2)13(17)18)9-11-5-4-6-15-12(11)7-14/h4-6,10H,3,8-9H2,1-2H3,(H,17,18). The van der Waals surface area contributed by atoms with Gasteiger partial charge in [-0.15, -0.1) is 0 Å². The van der Waals surface area contributed by atoms with Crippen LogP contribution in [0.4, 0.5) is 0 Å². The van der Waals surface area contributed by atoms with Gasteiger partial charge in [-0.25, -0.2) is 4.98 Å². The van der Waals surface area contributed by atoms with Crippen LogP contribution in [0, 0.1) is 17.2 Å². The summed E-state index contributed by atoms with van der Waals surface area (Å²) in [5, 5.41) is 17.9. The Bertz CT molecular complexity index is 454. The minimum atomic E-state index is -0.805. The second-order valence-electron chi connectivity index (χ2n) is 4.19. The van der Waals surface area contributed by atoms with Crippen LogP contribution in [0.25, 0.3) is 0 Å². The van der Waals surface area contributed by atoms with Gasteiger partial charge in [0.2, 0.25) is 0 Å². The van der Waals surface area contributed by atoms with Gasteiger partial charge in [-0.1, -0.05) is 19.9 Å². The van der Waals surface area contributed by atoms with E-state index < -0.39 is 11.9 Å². The van der Waals surface area contributed by atoms with Gasteiger partial charge >= 0.3 is 5.97 Å². The molecule has 1 aromatic heterocycles. The molecule has 0 aliphatic heterocycles. The molecule has 0 radical (unpaired) electrons. The monoisotopic (exact) mass is 247 g/mol. The fraction of sp³-hybridized carbons (Fsp3) is 0.462.